The molecule has 0 aliphatic rings. The molecule has 0 saturated carbocycles. The first-order valence-corrected chi connectivity index (χ1v) is 14.8. The lowest BCUT2D eigenvalue weighted by atomic mass is 10.1. The third kappa shape index (κ3) is 10.1. The molecule has 46 heavy (non-hydrogen) atoms. The van der Waals surface area contributed by atoms with Gasteiger partial charge in [-0.2, -0.15) is 0 Å². The van der Waals surface area contributed by atoms with Gasteiger partial charge in [-0.15, -0.1) is 0 Å². The topological polar surface area (TPSA) is 225 Å². The first-order valence-electron chi connectivity index (χ1n) is 14.8. The van der Waals surface area contributed by atoms with E-state index in [1.165, 1.54) is 13.8 Å². The number of rotatable bonds is 15. The number of esters is 2. The van der Waals surface area contributed by atoms with Crippen molar-refractivity contribution in [1.82, 2.24) is 27.4 Å². The lowest BCUT2D eigenvalue weighted by Gasteiger charge is -2.20. The van der Waals surface area contributed by atoms with Crippen LogP contribution in [0.15, 0.2) is 28.8 Å². The summed E-state index contributed by atoms with van der Waals surface area (Å²) < 4.78 is 14.5. The molecule has 2 aromatic heterocycles. The van der Waals surface area contributed by atoms with Crippen molar-refractivity contribution < 1.29 is 29.3 Å². The average Bonchev–Trinajstić information content (AvgIpc) is 2.91. The average molecular weight is 657 g/mol. The first kappa shape index (κ1) is 37.9. The minimum absolute atomic E-state index is 0.0347. The second-order valence-electron chi connectivity index (χ2n) is 12.7. The zero-order chi connectivity index (χ0) is 35.1. The second kappa shape index (κ2) is 15.3. The Balaban J connectivity index is 2.28. The molecule has 2 aromatic rings. The fourth-order valence-electron chi connectivity index (χ4n) is 4.40. The van der Waals surface area contributed by atoms with Crippen molar-refractivity contribution in [3.63, 3.8) is 0 Å². The number of carbonyl (C=O) groups excluding carboxylic acids is 2. The van der Waals surface area contributed by atoms with Crippen molar-refractivity contribution in [2.24, 2.45) is 5.92 Å². The molecule has 0 bridgehead atoms. The van der Waals surface area contributed by atoms with E-state index >= 15 is 0 Å². The summed E-state index contributed by atoms with van der Waals surface area (Å²) in [5, 5.41) is 19.4. The first-order chi connectivity index (χ1) is 21.2. The number of nitrogens with zero attached hydrogens (tertiary/aromatic N) is 6. The quantitative estimate of drug-likeness (QED) is 0.189. The number of hydrogen-bond acceptors (Lipinski definition) is 12. The highest BCUT2D eigenvalue weighted by Gasteiger charge is 2.23. The Morgan fingerprint density at radius 1 is 0.652 bits per heavy atom. The van der Waals surface area contributed by atoms with E-state index in [9.17, 15) is 48.6 Å². The van der Waals surface area contributed by atoms with Gasteiger partial charge in [-0.1, -0.05) is 13.8 Å². The summed E-state index contributed by atoms with van der Waals surface area (Å²) in [6, 6.07) is 0. The van der Waals surface area contributed by atoms with Crippen molar-refractivity contribution in [1.29, 1.82) is 0 Å². The van der Waals surface area contributed by atoms with Crippen LogP contribution in [0.1, 0.15) is 61.3 Å². The predicted octanol–water partition coefficient (Wildman–Crippen LogP) is -2.56. The summed E-state index contributed by atoms with van der Waals surface area (Å²) in [7, 11) is 0. The molecule has 2 rings (SSSR count). The van der Waals surface area contributed by atoms with Crippen molar-refractivity contribution >= 4 is 11.9 Å². The Morgan fingerprint density at radius 2 is 1.07 bits per heavy atom. The molecule has 2 heterocycles. The van der Waals surface area contributed by atoms with Crippen molar-refractivity contribution in [3.8, 4) is 0 Å². The molecule has 0 atom stereocenters. The minimum Gasteiger partial charge on any atom is -0.464 e. The molecule has 0 saturated heterocycles. The highest BCUT2D eigenvalue weighted by atomic mass is 16.6. The molecule has 0 aromatic carbocycles. The summed E-state index contributed by atoms with van der Waals surface area (Å²) >= 11 is 0. The Bertz CT molecular complexity index is 1770. The Hall–Kier alpha value is -4.32. The lowest BCUT2D eigenvalue weighted by Crippen LogP contribution is -2.56. The molecule has 0 aliphatic carbocycles. The van der Waals surface area contributed by atoms with E-state index in [2.05, 4.69) is 0 Å². The monoisotopic (exact) mass is 656 g/mol. The Morgan fingerprint density at radius 3 is 1.50 bits per heavy atom. The molecule has 0 fully saturated rings. The maximum atomic E-state index is 13.1. The van der Waals surface area contributed by atoms with Crippen LogP contribution in [-0.4, -0.2) is 74.0 Å². The SMILES string of the molecule is CC(C)Cn1c(=O)n(CCC(=O)OCCn2c(=O)n(CCO)c(=O)n(CC(C)(C)O)c2=O)c(=O)n(CCC(=O)OC(C)(C)C)c1=O. The molecule has 0 spiro atoms. The van der Waals surface area contributed by atoms with Crippen LogP contribution >= 0.6 is 0 Å². The van der Waals surface area contributed by atoms with Crippen LogP contribution in [0.3, 0.4) is 0 Å². The van der Waals surface area contributed by atoms with Gasteiger partial charge in [-0.05, 0) is 40.5 Å². The van der Waals surface area contributed by atoms with Gasteiger partial charge in [0.25, 0.3) is 0 Å². The summed E-state index contributed by atoms with van der Waals surface area (Å²) in [6.07, 6.45) is -0.834. The van der Waals surface area contributed by atoms with Crippen LogP contribution in [0.25, 0.3) is 0 Å². The maximum Gasteiger partial charge on any atom is 0.336 e. The van der Waals surface area contributed by atoms with E-state index in [0.717, 1.165) is 9.13 Å². The number of hydrogen-bond donors (Lipinski definition) is 2. The highest BCUT2D eigenvalue weighted by molar-refractivity contribution is 5.69. The predicted molar refractivity (Wildman–Crippen MR) is 163 cm³/mol. The Kier molecular flexibility index (Phi) is 12.6. The summed E-state index contributed by atoms with van der Waals surface area (Å²) in [5.74, 6) is -1.74. The minimum atomic E-state index is -1.50. The molecule has 0 unspecified atom stereocenters. The third-order valence-corrected chi connectivity index (χ3v) is 6.26. The molecule has 18 nitrogen and oxygen atoms in total. The molecule has 0 aliphatic heterocycles. The zero-order valence-corrected chi connectivity index (χ0v) is 27.3. The van der Waals surface area contributed by atoms with E-state index in [0.29, 0.717) is 18.3 Å². The van der Waals surface area contributed by atoms with E-state index in [4.69, 9.17) is 9.47 Å². The van der Waals surface area contributed by atoms with Crippen LogP contribution in [-0.2, 0) is 58.3 Å². The van der Waals surface area contributed by atoms with Gasteiger partial charge in [0, 0.05) is 19.6 Å². The third-order valence-electron chi connectivity index (χ3n) is 6.26. The van der Waals surface area contributed by atoms with Gasteiger partial charge in [0.2, 0.25) is 0 Å². The smallest absolute Gasteiger partial charge is 0.336 e. The van der Waals surface area contributed by atoms with Crippen LogP contribution in [0.5, 0.6) is 0 Å². The molecule has 0 amide bonds. The van der Waals surface area contributed by atoms with Gasteiger partial charge in [0.05, 0.1) is 44.7 Å². The van der Waals surface area contributed by atoms with E-state index in [-0.39, 0.29) is 25.4 Å². The molecule has 18 heteroatoms. The van der Waals surface area contributed by atoms with Crippen LogP contribution < -0.4 is 34.1 Å². The highest BCUT2D eigenvalue weighted by Crippen LogP contribution is 2.08. The zero-order valence-electron chi connectivity index (χ0n) is 27.3. The molecular formula is C28H44N6O12. The molecule has 0 radical (unpaired) electrons. The van der Waals surface area contributed by atoms with E-state index in [1.54, 1.807) is 34.6 Å². The lowest BCUT2D eigenvalue weighted by molar-refractivity contribution is -0.155. The van der Waals surface area contributed by atoms with E-state index < -0.39 is 103 Å². The van der Waals surface area contributed by atoms with Crippen LogP contribution in [0, 0.1) is 5.92 Å². The van der Waals surface area contributed by atoms with Gasteiger partial charge >= 0.3 is 46.1 Å². The summed E-state index contributed by atoms with van der Waals surface area (Å²) in [4.78, 5) is 102. The number of carbonyl (C=O) groups is 2. The van der Waals surface area contributed by atoms with Crippen LogP contribution in [0.4, 0.5) is 0 Å². The Labute approximate surface area is 262 Å². The fraction of sp³-hybridized carbons (Fsp3) is 0.714. The second-order valence-corrected chi connectivity index (χ2v) is 12.7. The van der Waals surface area contributed by atoms with Crippen molar-refractivity contribution in [2.45, 2.75) is 112 Å². The number of aliphatic hydroxyl groups excluding tert-OH is 1. The number of aliphatic hydroxyl groups is 2. The molecule has 258 valence electrons. The summed E-state index contributed by atoms with van der Waals surface area (Å²) in [6.45, 7) is 7.83. The van der Waals surface area contributed by atoms with Gasteiger partial charge in [-0.25, -0.2) is 56.2 Å². The van der Waals surface area contributed by atoms with Gasteiger partial charge in [0.1, 0.15) is 12.2 Å². The van der Waals surface area contributed by atoms with Gasteiger partial charge in [-0.3, -0.25) is 9.59 Å². The maximum absolute atomic E-state index is 13.1. The van der Waals surface area contributed by atoms with Crippen LogP contribution in [0.2, 0.25) is 0 Å². The van der Waals surface area contributed by atoms with Crippen molar-refractivity contribution in [3.05, 3.63) is 62.9 Å². The van der Waals surface area contributed by atoms with Crippen molar-refractivity contribution in [2.75, 3.05) is 13.2 Å². The largest absolute Gasteiger partial charge is 0.464 e. The fourth-order valence-corrected chi connectivity index (χ4v) is 4.40. The number of ether oxygens (including phenoxy) is 2. The molecular weight excluding hydrogens is 612 g/mol. The standard InChI is InChI=1S/C28H44N6O12/c1-18(2)16-33-23(40)29(21(38)30(24(33)41)11-9-20(37)46-27(3,4)5)10-8-19(36)45-15-13-32-22(39)31(12-14-35)25(42)34(26(32)43)17-28(6,7)44/h18,35,44H,8-17H2,1-7H3. The normalized spacial score (nSPS) is 12.0. The van der Waals surface area contributed by atoms with Gasteiger partial charge < -0.3 is 19.7 Å². The summed E-state index contributed by atoms with van der Waals surface area (Å²) in [5.41, 5.74) is -8.33. The molecule has 2 N–H and O–H groups in total. The van der Waals surface area contributed by atoms with Gasteiger partial charge in [0.15, 0.2) is 0 Å². The number of aromatic nitrogens is 6. The van der Waals surface area contributed by atoms with E-state index in [1.807, 2.05) is 0 Å².